The SMILES string of the molecule is c1ccc2c(c1)-c1sc3ccccc3c1B1c3c(sc4ccccc34)-c3ccccc3N12. The Morgan fingerprint density at radius 2 is 0.938 bits per heavy atom. The molecule has 0 saturated carbocycles. The maximum atomic E-state index is 2.60. The lowest BCUT2D eigenvalue weighted by Crippen LogP contribution is -2.59. The van der Waals surface area contributed by atoms with Crippen molar-refractivity contribution in [2.75, 3.05) is 4.81 Å². The fraction of sp³-hybridized carbons (Fsp3) is 0. The van der Waals surface area contributed by atoms with Crippen molar-refractivity contribution in [3.05, 3.63) is 97.1 Å². The monoisotopic (exact) mass is 441 g/mol. The first kappa shape index (κ1) is 17.2. The number of rotatable bonds is 0. The highest BCUT2D eigenvalue weighted by Gasteiger charge is 2.45. The van der Waals surface area contributed by atoms with E-state index in [0.717, 1.165) is 0 Å². The van der Waals surface area contributed by atoms with Gasteiger partial charge < -0.3 is 4.81 Å². The van der Waals surface area contributed by atoms with Gasteiger partial charge in [-0.3, -0.25) is 0 Å². The van der Waals surface area contributed by atoms with Crippen molar-refractivity contribution in [3.8, 4) is 20.9 Å². The topological polar surface area (TPSA) is 3.24 Å². The van der Waals surface area contributed by atoms with E-state index in [1.807, 2.05) is 22.7 Å². The molecule has 2 aliphatic rings. The molecule has 0 spiro atoms. The number of fused-ring (bicyclic) bond motifs is 15. The van der Waals surface area contributed by atoms with Crippen molar-refractivity contribution < 1.29 is 0 Å². The summed E-state index contributed by atoms with van der Waals surface area (Å²) >= 11 is 3.88. The van der Waals surface area contributed by atoms with E-state index in [4.69, 9.17) is 0 Å². The predicted octanol–water partition coefficient (Wildman–Crippen LogP) is 7.02. The minimum absolute atomic E-state index is 0.178. The van der Waals surface area contributed by atoms with Crippen LogP contribution in [-0.2, 0) is 0 Å². The van der Waals surface area contributed by atoms with Crippen LogP contribution < -0.4 is 15.7 Å². The third kappa shape index (κ3) is 2.05. The minimum Gasteiger partial charge on any atom is -0.376 e. The van der Waals surface area contributed by atoms with E-state index in [0.29, 0.717) is 0 Å². The van der Waals surface area contributed by atoms with Crippen molar-refractivity contribution in [1.29, 1.82) is 0 Å². The fourth-order valence-corrected chi connectivity index (χ4v) is 8.17. The highest BCUT2D eigenvalue weighted by atomic mass is 32.1. The second-order valence-corrected chi connectivity index (χ2v) is 10.6. The number of thiophene rings is 2. The fourth-order valence-electron chi connectivity index (χ4n) is 5.64. The summed E-state index contributed by atoms with van der Waals surface area (Å²) in [6, 6.07) is 35.8. The van der Waals surface area contributed by atoms with Gasteiger partial charge in [-0.15, -0.1) is 22.7 Å². The molecule has 6 aromatic rings. The molecule has 2 aliphatic heterocycles. The lowest BCUT2D eigenvalue weighted by molar-refractivity contribution is 1.37. The van der Waals surface area contributed by atoms with Gasteiger partial charge in [0, 0.05) is 41.7 Å². The normalized spacial score (nSPS) is 13.5. The first-order valence-electron chi connectivity index (χ1n) is 10.9. The van der Waals surface area contributed by atoms with Gasteiger partial charge in [-0.05, 0) is 46.0 Å². The van der Waals surface area contributed by atoms with Gasteiger partial charge in [-0.25, -0.2) is 0 Å². The van der Waals surface area contributed by atoms with Crippen molar-refractivity contribution in [2.24, 2.45) is 0 Å². The van der Waals surface area contributed by atoms with Crippen molar-refractivity contribution >= 4 is 72.0 Å². The summed E-state index contributed by atoms with van der Waals surface area (Å²) in [6.07, 6.45) is 0. The molecule has 4 heteroatoms. The predicted molar refractivity (Wildman–Crippen MR) is 142 cm³/mol. The Morgan fingerprint density at radius 3 is 1.47 bits per heavy atom. The van der Waals surface area contributed by atoms with Crippen LogP contribution in [-0.4, -0.2) is 6.85 Å². The van der Waals surface area contributed by atoms with Crippen LogP contribution in [0.1, 0.15) is 0 Å². The first-order chi connectivity index (χ1) is 15.9. The molecule has 1 nitrogen and oxygen atoms in total. The summed E-state index contributed by atoms with van der Waals surface area (Å²) in [7, 11) is 0. The lowest BCUT2D eigenvalue weighted by Gasteiger charge is -2.41. The molecule has 0 saturated heterocycles. The second kappa shape index (κ2) is 6.13. The van der Waals surface area contributed by atoms with Gasteiger partial charge in [0.05, 0.1) is 0 Å². The standard InChI is InChI=1S/C28H16BNS2/c1-5-13-21-17(9-1)27-25(19-11-3-7-15-23(19)31-27)29-26-20-12-4-8-16-24(20)32-28(26)18-10-2-6-14-22(18)30(21)29/h1-16H. The maximum absolute atomic E-state index is 2.60. The van der Waals surface area contributed by atoms with Crippen molar-refractivity contribution in [3.63, 3.8) is 0 Å². The number of benzene rings is 4. The van der Waals surface area contributed by atoms with Crippen LogP contribution in [0.4, 0.5) is 11.4 Å². The van der Waals surface area contributed by atoms with Crippen LogP contribution in [0.2, 0.25) is 0 Å². The number of hydrogen-bond donors (Lipinski definition) is 0. The molecule has 2 aromatic heterocycles. The third-order valence-electron chi connectivity index (χ3n) is 6.89. The smallest absolute Gasteiger partial charge is 0.332 e. The molecular formula is C28H16BNS2. The number of anilines is 2. The van der Waals surface area contributed by atoms with Gasteiger partial charge in [0.15, 0.2) is 0 Å². The Hall–Kier alpha value is -3.34. The molecule has 0 aliphatic carbocycles. The van der Waals surface area contributed by atoms with Gasteiger partial charge in [-0.2, -0.15) is 0 Å². The zero-order chi connectivity index (χ0) is 20.8. The number of nitrogens with zero attached hydrogens (tertiary/aromatic N) is 1. The van der Waals surface area contributed by atoms with E-state index >= 15 is 0 Å². The Kier molecular flexibility index (Phi) is 3.30. The Morgan fingerprint density at radius 1 is 0.500 bits per heavy atom. The average Bonchev–Trinajstić information content (AvgIpc) is 3.43. The van der Waals surface area contributed by atoms with E-state index in [9.17, 15) is 0 Å². The third-order valence-corrected chi connectivity index (χ3v) is 9.33. The molecule has 4 heterocycles. The minimum atomic E-state index is 0.178. The molecule has 0 fully saturated rings. The van der Waals surface area contributed by atoms with Crippen LogP contribution >= 0.6 is 22.7 Å². The van der Waals surface area contributed by atoms with Gasteiger partial charge in [0.1, 0.15) is 0 Å². The summed E-state index contributed by atoms with van der Waals surface area (Å²) in [4.78, 5) is 5.44. The van der Waals surface area contributed by atoms with Gasteiger partial charge in [0.2, 0.25) is 0 Å². The Balaban J connectivity index is 1.60. The highest BCUT2D eigenvalue weighted by Crippen LogP contribution is 2.50. The molecule has 0 unspecified atom stereocenters. The van der Waals surface area contributed by atoms with Crippen LogP contribution in [0.25, 0.3) is 41.1 Å². The van der Waals surface area contributed by atoms with Crippen LogP contribution in [0.5, 0.6) is 0 Å². The van der Waals surface area contributed by atoms with Crippen molar-refractivity contribution in [1.82, 2.24) is 0 Å². The van der Waals surface area contributed by atoms with E-state index < -0.39 is 0 Å². The number of para-hydroxylation sites is 2. The summed E-state index contributed by atoms with van der Waals surface area (Å²) in [5, 5.41) is 2.77. The number of hydrogen-bond acceptors (Lipinski definition) is 3. The molecule has 32 heavy (non-hydrogen) atoms. The molecule has 0 radical (unpaired) electrons. The molecule has 0 amide bonds. The average molecular weight is 441 g/mol. The van der Waals surface area contributed by atoms with E-state index in [-0.39, 0.29) is 6.85 Å². The van der Waals surface area contributed by atoms with Gasteiger partial charge >= 0.3 is 6.85 Å². The van der Waals surface area contributed by atoms with Crippen LogP contribution in [0.15, 0.2) is 97.1 Å². The zero-order valence-electron chi connectivity index (χ0n) is 17.1. The molecule has 4 aromatic carbocycles. The van der Waals surface area contributed by atoms with E-state index in [1.165, 1.54) is 63.4 Å². The molecule has 8 rings (SSSR count). The molecule has 0 bridgehead atoms. The summed E-state index contributed by atoms with van der Waals surface area (Å²) in [5.74, 6) is 0. The zero-order valence-corrected chi connectivity index (χ0v) is 18.7. The molecule has 148 valence electrons. The second-order valence-electron chi connectivity index (χ2n) is 8.49. The Labute approximate surface area is 194 Å². The Bertz CT molecular complexity index is 1580. The molecular weight excluding hydrogens is 425 g/mol. The summed E-state index contributed by atoms with van der Waals surface area (Å²) < 4.78 is 2.74. The van der Waals surface area contributed by atoms with Crippen molar-refractivity contribution in [2.45, 2.75) is 0 Å². The highest BCUT2D eigenvalue weighted by molar-refractivity contribution is 7.27. The largest absolute Gasteiger partial charge is 0.376 e. The van der Waals surface area contributed by atoms with E-state index in [2.05, 4.69) is 102 Å². The van der Waals surface area contributed by atoms with E-state index in [1.54, 1.807) is 0 Å². The maximum Gasteiger partial charge on any atom is 0.332 e. The quantitative estimate of drug-likeness (QED) is 0.229. The van der Waals surface area contributed by atoms with Gasteiger partial charge in [0.25, 0.3) is 0 Å². The molecule has 0 N–H and O–H groups in total. The first-order valence-corrected chi connectivity index (χ1v) is 12.5. The molecule has 0 atom stereocenters. The van der Waals surface area contributed by atoms with Crippen LogP contribution in [0.3, 0.4) is 0 Å². The summed E-state index contributed by atoms with van der Waals surface area (Å²) in [6.45, 7) is 0.178. The van der Waals surface area contributed by atoms with Crippen LogP contribution in [0, 0.1) is 0 Å². The summed E-state index contributed by atoms with van der Waals surface area (Å²) in [5.41, 5.74) is 8.23. The lowest BCUT2D eigenvalue weighted by atomic mass is 9.44. The van der Waals surface area contributed by atoms with Gasteiger partial charge in [-0.1, -0.05) is 72.8 Å².